The molecule has 28 heavy (non-hydrogen) atoms. The normalized spacial score (nSPS) is 11.8. The van der Waals surface area contributed by atoms with E-state index < -0.39 is 17.7 Å². The van der Waals surface area contributed by atoms with Gasteiger partial charge in [0.15, 0.2) is 0 Å². The van der Waals surface area contributed by atoms with Crippen LogP contribution in [-0.4, -0.2) is 44.0 Å². The highest BCUT2D eigenvalue weighted by atomic mass is 19.1. The van der Waals surface area contributed by atoms with E-state index in [1.807, 2.05) is 0 Å². The number of methoxy groups -OCH3 is 1. The van der Waals surface area contributed by atoms with Crippen LogP contribution in [0.4, 0.5) is 14.5 Å². The molecule has 0 aliphatic rings. The molecule has 2 aromatic rings. The van der Waals surface area contributed by atoms with E-state index in [1.54, 1.807) is 45.3 Å². The van der Waals surface area contributed by atoms with E-state index in [1.165, 1.54) is 11.0 Å². The molecule has 2 aromatic carbocycles. The molecule has 0 saturated carbocycles. The number of amides is 2. The molecule has 0 aromatic heterocycles. The fourth-order valence-electron chi connectivity index (χ4n) is 2.64. The third kappa shape index (κ3) is 6.31. The van der Waals surface area contributed by atoms with Crippen molar-refractivity contribution in [3.63, 3.8) is 0 Å². The predicted molar refractivity (Wildman–Crippen MR) is 102 cm³/mol. The van der Waals surface area contributed by atoms with Crippen LogP contribution in [0.5, 0.6) is 5.75 Å². The summed E-state index contributed by atoms with van der Waals surface area (Å²) in [6.07, 6.45) is 0. The molecule has 0 aliphatic heterocycles. The minimum Gasteiger partial charge on any atom is -0.497 e. The zero-order valence-corrected chi connectivity index (χ0v) is 16.0. The lowest BCUT2D eigenvalue weighted by molar-refractivity contribution is -0.123. The zero-order chi connectivity index (χ0) is 20.7. The van der Waals surface area contributed by atoms with Crippen molar-refractivity contribution in [2.75, 3.05) is 32.6 Å². The smallest absolute Gasteiger partial charge is 0.238 e. The van der Waals surface area contributed by atoms with Gasteiger partial charge in [-0.15, -0.1) is 0 Å². The van der Waals surface area contributed by atoms with Gasteiger partial charge < -0.3 is 15.4 Å². The van der Waals surface area contributed by atoms with Crippen LogP contribution in [0, 0.1) is 11.6 Å². The average molecular weight is 391 g/mol. The maximum atomic E-state index is 13.8. The van der Waals surface area contributed by atoms with Crippen LogP contribution < -0.4 is 15.4 Å². The summed E-state index contributed by atoms with van der Waals surface area (Å²) in [5, 5.41) is 5.36. The Morgan fingerprint density at radius 2 is 1.71 bits per heavy atom. The van der Waals surface area contributed by atoms with Crippen molar-refractivity contribution in [1.29, 1.82) is 0 Å². The third-order valence-corrected chi connectivity index (χ3v) is 4.01. The van der Waals surface area contributed by atoms with Crippen LogP contribution in [0.1, 0.15) is 18.5 Å². The SMILES string of the molecule is COc1ccc(NC(=O)CN(C)CC(=O)N[C@H](C)c2ccc(F)cc2F)cc1. The molecule has 150 valence electrons. The summed E-state index contributed by atoms with van der Waals surface area (Å²) in [5.74, 6) is -1.38. The number of ether oxygens (including phenoxy) is 1. The summed E-state index contributed by atoms with van der Waals surface area (Å²) in [5.41, 5.74) is 0.804. The first-order valence-corrected chi connectivity index (χ1v) is 8.65. The number of hydrogen-bond donors (Lipinski definition) is 2. The number of carbonyl (C=O) groups excluding carboxylic acids is 2. The first-order valence-electron chi connectivity index (χ1n) is 8.65. The number of rotatable bonds is 8. The van der Waals surface area contributed by atoms with Gasteiger partial charge in [0.05, 0.1) is 26.2 Å². The van der Waals surface area contributed by atoms with E-state index in [4.69, 9.17) is 4.74 Å². The van der Waals surface area contributed by atoms with E-state index in [-0.39, 0.29) is 30.5 Å². The summed E-state index contributed by atoms with van der Waals surface area (Å²) in [6, 6.07) is 9.44. The molecule has 0 bridgehead atoms. The zero-order valence-electron chi connectivity index (χ0n) is 16.0. The molecule has 0 spiro atoms. The molecule has 8 heteroatoms. The van der Waals surface area contributed by atoms with Gasteiger partial charge in [0.2, 0.25) is 11.8 Å². The molecule has 0 aliphatic carbocycles. The topological polar surface area (TPSA) is 70.7 Å². The van der Waals surface area contributed by atoms with Gasteiger partial charge in [-0.3, -0.25) is 14.5 Å². The lowest BCUT2D eigenvalue weighted by atomic mass is 10.1. The van der Waals surface area contributed by atoms with Crippen molar-refractivity contribution in [1.82, 2.24) is 10.2 Å². The number of halogens is 2. The summed E-state index contributed by atoms with van der Waals surface area (Å²) >= 11 is 0. The average Bonchev–Trinajstić information content (AvgIpc) is 2.61. The predicted octanol–water partition coefficient (Wildman–Crippen LogP) is 2.72. The number of likely N-dealkylation sites (N-methyl/N-ethyl adjacent to an activating group) is 1. The van der Waals surface area contributed by atoms with E-state index in [0.29, 0.717) is 11.4 Å². The Morgan fingerprint density at radius 1 is 1.07 bits per heavy atom. The first kappa shape index (κ1) is 21.3. The van der Waals surface area contributed by atoms with Crippen LogP contribution in [0.3, 0.4) is 0 Å². The molecule has 2 N–H and O–H groups in total. The second kappa shape index (κ2) is 9.80. The lowest BCUT2D eigenvalue weighted by Crippen LogP contribution is -2.39. The van der Waals surface area contributed by atoms with Gasteiger partial charge in [0.25, 0.3) is 0 Å². The summed E-state index contributed by atoms with van der Waals surface area (Å²) in [7, 11) is 3.18. The fraction of sp³-hybridized carbons (Fsp3) is 0.300. The van der Waals surface area contributed by atoms with Crippen LogP contribution in [0.15, 0.2) is 42.5 Å². The Kier molecular flexibility index (Phi) is 7.45. The van der Waals surface area contributed by atoms with Crippen LogP contribution in [0.2, 0.25) is 0 Å². The molecule has 0 saturated heterocycles. The first-order chi connectivity index (χ1) is 13.3. The number of anilines is 1. The summed E-state index contributed by atoms with van der Waals surface area (Å²) in [4.78, 5) is 25.7. The van der Waals surface area contributed by atoms with Gasteiger partial charge >= 0.3 is 0 Å². The molecule has 0 radical (unpaired) electrons. The minimum atomic E-state index is -0.722. The molecule has 1 atom stereocenters. The Hall–Kier alpha value is -3.00. The van der Waals surface area contributed by atoms with Gasteiger partial charge in [-0.2, -0.15) is 0 Å². The standard InChI is InChI=1S/C20H23F2N3O3/c1-13(17-9-4-14(21)10-18(17)22)23-19(26)11-25(2)12-20(27)24-15-5-7-16(28-3)8-6-15/h4-10,13H,11-12H2,1-3H3,(H,23,26)(H,24,27)/t13-/m1/s1. The van der Waals surface area contributed by atoms with Crippen molar-refractivity contribution in [3.05, 3.63) is 59.7 Å². The fourth-order valence-corrected chi connectivity index (χ4v) is 2.64. The minimum absolute atomic E-state index is 0.00125. The van der Waals surface area contributed by atoms with E-state index in [2.05, 4.69) is 10.6 Å². The molecule has 2 amide bonds. The highest BCUT2D eigenvalue weighted by Gasteiger charge is 2.16. The monoisotopic (exact) mass is 391 g/mol. The Bertz CT molecular complexity index is 828. The number of benzene rings is 2. The molecule has 6 nitrogen and oxygen atoms in total. The van der Waals surface area contributed by atoms with Crippen LogP contribution >= 0.6 is 0 Å². The second-order valence-corrected chi connectivity index (χ2v) is 6.40. The van der Waals surface area contributed by atoms with Crippen molar-refractivity contribution in [2.45, 2.75) is 13.0 Å². The van der Waals surface area contributed by atoms with Gasteiger partial charge in [0.1, 0.15) is 17.4 Å². The highest BCUT2D eigenvalue weighted by molar-refractivity contribution is 5.92. The maximum absolute atomic E-state index is 13.8. The second-order valence-electron chi connectivity index (χ2n) is 6.40. The van der Waals surface area contributed by atoms with Gasteiger partial charge in [-0.05, 0) is 44.3 Å². The Labute approximate surface area is 162 Å². The number of hydrogen-bond acceptors (Lipinski definition) is 4. The van der Waals surface area contributed by atoms with Crippen molar-refractivity contribution < 1.29 is 23.1 Å². The molecule has 0 unspecified atom stereocenters. The molecule has 0 heterocycles. The summed E-state index contributed by atoms with van der Waals surface area (Å²) < 4.78 is 31.8. The van der Waals surface area contributed by atoms with E-state index in [0.717, 1.165) is 12.1 Å². The third-order valence-electron chi connectivity index (χ3n) is 4.01. The molecular weight excluding hydrogens is 368 g/mol. The molecular formula is C20H23F2N3O3. The highest BCUT2D eigenvalue weighted by Crippen LogP contribution is 2.17. The number of carbonyl (C=O) groups is 2. The maximum Gasteiger partial charge on any atom is 0.238 e. The Morgan fingerprint density at radius 3 is 2.32 bits per heavy atom. The van der Waals surface area contributed by atoms with E-state index >= 15 is 0 Å². The van der Waals surface area contributed by atoms with Crippen molar-refractivity contribution in [3.8, 4) is 5.75 Å². The molecule has 2 rings (SSSR count). The van der Waals surface area contributed by atoms with Crippen LogP contribution in [0.25, 0.3) is 0 Å². The quantitative estimate of drug-likeness (QED) is 0.726. The lowest BCUT2D eigenvalue weighted by Gasteiger charge is -2.19. The van der Waals surface area contributed by atoms with Gasteiger partial charge in [-0.25, -0.2) is 8.78 Å². The van der Waals surface area contributed by atoms with Crippen LogP contribution in [-0.2, 0) is 9.59 Å². The Balaban J connectivity index is 1.81. The van der Waals surface area contributed by atoms with Gasteiger partial charge in [0, 0.05) is 17.3 Å². The van der Waals surface area contributed by atoms with Crippen molar-refractivity contribution >= 4 is 17.5 Å². The summed E-state index contributed by atoms with van der Waals surface area (Å²) in [6.45, 7) is 1.55. The van der Waals surface area contributed by atoms with Crippen molar-refractivity contribution in [2.24, 2.45) is 0 Å². The number of nitrogens with zero attached hydrogens (tertiary/aromatic N) is 1. The number of nitrogens with one attached hydrogen (secondary N) is 2. The van der Waals surface area contributed by atoms with Gasteiger partial charge in [-0.1, -0.05) is 6.07 Å². The largest absolute Gasteiger partial charge is 0.497 e. The van der Waals surface area contributed by atoms with E-state index in [9.17, 15) is 18.4 Å². The molecule has 0 fully saturated rings.